The van der Waals surface area contributed by atoms with E-state index in [-0.39, 0.29) is 17.7 Å². The van der Waals surface area contributed by atoms with E-state index in [0.717, 1.165) is 0 Å². The number of H-pyrrole nitrogens is 1. The van der Waals surface area contributed by atoms with E-state index >= 15 is 0 Å². The first kappa shape index (κ1) is 17.9. The van der Waals surface area contributed by atoms with Crippen molar-refractivity contribution in [3.63, 3.8) is 0 Å². The lowest BCUT2D eigenvalue weighted by atomic mass is 10.2. The fraction of sp³-hybridized carbons (Fsp3) is 0.727. The van der Waals surface area contributed by atoms with Crippen LogP contribution in [0, 0.1) is 0 Å². The van der Waals surface area contributed by atoms with Gasteiger partial charge in [-0.1, -0.05) is 0 Å². The second kappa shape index (κ2) is 8.35. The van der Waals surface area contributed by atoms with Crippen molar-refractivity contribution in [2.75, 3.05) is 17.8 Å². The molecule has 0 saturated heterocycles. The molecule has 0 aromatic carbocycles. The number of carbonyl (C=O) groups excluding carboxylic acids is 1. The van der Waals surface area contributed by atoms with Gasteiger partial charge in [-0.05, 0) is 32.3 Å². The summed E-state index contributed by atoms with van der Waals surface area (Å²) in [5.74, 6) is 0.768. The number of sulfonamides is 1. The molecule has 8 nitrogen and oxygen atoms in total. The topological polar surface area (TPSA) is 117 Å². The van der Waals surface area contributed by atoms with Crippen LogP contribution in [0.1, 0.15) is 32.1 Å². The van der Waals surface area contributed by atoms with E-state index in [1.54, 1.807) is 18.7 Å². The van der Waals surface area contributed by atoms with Crippen LogP contribution < -0.4 is 10.0 Å². The van der Waals surface area contributed by atoms with Gasteiger partial charge in [0.15, 0.2) is 0 Å². The van der Waals surface area contributed by atoms with Crippen molar-refractivity contribution in [2.45, 2.75) is 32.4 Å². The number of rotatable bonds is 9. The molecule has 1 rings (SSSR count). The standard InChI is InChI=1S/C11H21N5O3S2/c1-4-21(18,19)16-9(5-6-20-3)11(17)14-8(2)10-12-7-13-15-10/h7-9,16H,4-6H2,1-3H3,(H,14,17)(H,12,13,15). The summed E-state index contributed by atoms with van der Waals surface area (Å²) in [6.07, 6.45) is 3.68. The van der Waals surface area contributed by atoms with Gasteiger partial charge in [0.1, 0.15) is 18.2 Å². The Morgan fingerprint density at radius 2 is 2.24 bits per heavy atom. The third-order valence-corrected chi connectivity index (χ3v) is 4.88. The van der Waals surface area contributed by atoms with Crippen molar-refractivity contribution in [2.24, 2.45) is 0 Å². The average molecular weight is 335 g/mol. The number of aromatic nitrogens is 3. The molecule has 0 aliphatic heterocycles. The molecule has 0 bridgehead atoms. The Hall–Kier alpha value is -1.13. The first-order chi connectivity index (χ1) is 9.89. The van der Waals surface area contributed by atoms with Crippen molar-refractivity contribution in [1.82, 2.24) is 25.2 Å². The van der Waals surface area contributed by atoms with Crippen LogP contribution >= 0.6 is 11.8 Å². The molecule has 2 atom stereocenters. The minimum absolute atomic E-state index is 0.0618. The van der Waals surface area contributed by atoms with Crippen LogP contribution in [0.25, 0.3) is 0 Å². The Morgan fingerprint density at radius 1 is 1.52 bits per heavy atom. The van der Waals surface area contributed by atoms with Crippen molar-refractivity contribution < 1.29 is 13.2 Å². The molecule has 10 heteroatoms. The van der Waals surface area contributed by atoms with Gasteiger partial charge in [-0.25, -0.2) is 18.1 Å². The van der Waals surface area contributed by atoms with Crippen molar-refractivity contribution >= 4 is 27.7 Å². The van der Waals surface area contributed by atoms with Crippen LogP contribution in [0.2, 0.25) is 0 Å². The van der Waals surface area contributed by atoms with Crippen molar-refractivity contribution in [3.8, 4) is 0 Å². The molecule has 0 fully saturated rings. The van der Waals surface area contributed by atoms with Gasteiger partial charge < -0.3 is 5.32 Å². The quantitative estimate of drug-likeness (QED) is 0.587. The zero-order valence-corrected chi connectivity index (χ0v) is 13.9. The van der Waals surface area contributed by atoms with Gasteiger partial charge >= 0.3 is 0 Å². The Kier molecular flexibility index (Phi) is 7.12. The van der Waals surface area contributed by atoms with E-state index in [0.29, 0.717) is 18.0 Å². The summed E-state index contributed by atoms with van der Waals surface area (Å²) < 4.78 is 25.8. The molecule has 1 heterocycles. The lowest BCUT2D eigenvalue weighted by Gasteiger charge is -2.20. The number of hydrogen-bond donors (Lipinski definition) is 3. The van der Waals surface area contributed by atoms with Crippen LogP contribution in [-0.2, 0) is 14.8 Å². The molecule has 0 aliphatic carbocycles. The molecular weight excluding hydrogens is 314 g/mol. The van der Waals surface area contributed by atoms with Crippen LogP contribution in [0.5, 0.6) is 0 Å². The zero-order valence-electron chi connectivity index (χ0n) is 12.3. The Morgan fingerprint density at radius 3 is 2.76 bits per heavy atom. The Bertz CT molecular complexity index is 532. The second-order valence-electron chi connectivity index (χ2n) is 4.46. The number of thioether (sulfide) groups is 1. The first-order valence-corrected chi connectivity index (χ1v) is 9.58. The summed E-state index contributed by atoms with van der Waals surface area (Å²) in [7, 11) is -3.44. The fourth-order valence-corrected chi connectivity index (χ4v) is 2.88. The molecule has 1 aromatic rings. The molecule has 2 unspecified atom stereocenters. The molecule has 0 saturated carbocycles. The van der Waals surface area contributed by atoms with Gasteiger partial charge in [-0.2, -0.15) is 16.9 Å². The second-order valence-corrected chi connectivity index (χ2v) is 7.48. The van der Waals surface area contributed by atoms with Crippen LogP contribution in [0.4, 0.5) is 0 Å². The van der Waals surface area contributed by atoms with Gasteiger partial charge in [0, 0.05) is 0 Å². The third-order valence-electron chi connectivity index (χ3n) is 2.83. The first-order valence-electron chi connectivity index (χ1n) is 6.54. The van der Waals surface area contributed by atoms with E-state index in [1.807, 2.05) is 6.26 Å². The SMILES string of the molecule is CCS(=O)(=O)NC(CCSC)C(=O)NC(C)c1ncn[nH]1. The number of hydrogen-bond acceptors (Lipinski definition) is 6. The maximum absolute atomic E-state index is 12.2. The molecule has 1 amide bonds. The minimum atomic E-state index is -3.44. The Labute approximate surface area is 128 Å². The number of nitrogens with zero attached hydrogens (tertiary/aromatic N) is 2. The number of carbonyl (C=O) groups is 1. The van der Waals surface area contributed by atoms with Crippen LogP contribution in [0.3, 0.4) is 0 Å². The predicted molar refractivity (Wildman–Crippen MR) is 82.3 cm³/mol. The summed E-state index contributed by atoms with van der Waals surface area (Å²) >= 11 is 1.55. The van der Waals surface area contributed by atoms with E-state index in [9.17, 15) is 13.2 Å². The lowest BCUT2D eigenvalue weighted by molar-refractivity contribution is -0.123. The fourth-order valence-electron chi connectivity index (χ4n) is 1.59. The average Bonchev–Trinajstić information content (AvgIpc) is 2.97. The van der Waals surface area contributed by atoms with Gasteiger partial charge in [0.2, 0.25) is 15.9 Å². The maximum atomic E-state index is 12.2. The summed E-state index contributed by atoms with van der Waals surface area (Å²) in [5, 5.41) is 9.11. The molecular formula is C11H21N5O3S2. The Balaban J connectivity index is 2.70. The zero-order chi connectivity index (χ0) is 15.9. The normalized spacial score (nSPS) is 14.6. The van der Waals surface area contributed by atoms with Crippen molar-refractivity contribution in [1.29, 1.82) is 0 Å². The van der Waals surface area contributed by atoms with E-state index < -0.39 is 16.1 Å². The van der Waals surface area contributed by atoms with Crippen molar-refractivity contribution in [3.05, 3.63) is 12.2 Å². The summed E-state index contributed by atoms with van der Waals surface area (Å²) in [5.41, 5.74) is 0. The molecule has 120 valence electrons. The molecule has 1 aromatic heterocycles. The molecule has 3 N–H and O–H groups in total. The molecule has 21 heavy (non-hydrogen) atoms. The number of nitrogens with one attached hydrogen (secondary N) is 3. The number of amides is 1. The summed E-state index contributed by atoms with van der Waals surface area (Å²) in [6, 6.07) is -1.16. The maximum Gasteiger partial charge on any atom is 0.238 e. The predicted octanol–water partition coefficient (Wildman–Crippen LogP) is 0.0429. The summed E-state index contributed by atoms with van der Waals surface area (Å²) in [6.45, 7) is 3.28. The van der Waals surface area contributed by atoms with Gasteiger partial charge in [-0.3, -0.25) is 9.89 Å². The largest absolute Gasteiger partial charge is 0.345 e. The molecule has 0 radical (unpaired) electrons. The monoisotopic (exact) mass is 335 g/mol. The van der Waals surface area contributed by atoms with Gasteiger partial charge in [0.25, 0.3) is 0 Å². The third kappa shape index (κ3) is 6.02. The molecule has 0 spiro atoms. The molecule has 0 aliphatic rings. The highest BCUT2D eigenvalue weighted by atomic mass is 32.2. The van der Waals surface area contributed by atoms with Gasteiger partial charge in [0.05, 0.1) is 11.8 Å². The highest BCUT2D eigenvalue weighted by Gasteiger charge is 2.25. The highest BCUT2D eigenvalue weighted by Crippen LogP contribution is 2.08. The number of aromatic amines is 1. The van der Waals surface area contributed by atoms with Crippen LogP contribution in [0.15, 0.2) is 6.33 Å². The van der Waals surface area contributed by atoms with Gasteiger partial charge in [-0.15, -0.1) is 0 Å². The lowest BCUT2D eigenvalue weighted by Crippen LogP contribution is -2.48. The van der Waals surface area contributed by atoms with E-state index in [4.69, 9.17) is 0 Å². The minimum Gasteiger partial charge on any atom is -0.345 e. The van der Waals surface area contributed by atoms with Crippen LogP contribution in [-0.4, -0.2) is 53.3 Å². The van der Waals surface area contributed by atoms with E-state index in [2.05, 4.69) is 25.2 Å². The highest BCUT2D eigenvalue weighted by molar-refractivity contribution is 7.98. The summed E-state index contributed by atoms with van der Waals surface area (Å²) in [4.78, 5) is 16.2. The smallest absolute Gasteiger partial charge is 0.238 e. The van der Waals surface area contributed by atoms with E-state index in [1.165, 1.54) is 13.3 Å².